The molecule has 1 aliphatic rings. The number of fused-ring (bicyclic) bond motifs is 1. The van der Waals surface area contributed by atoms with Crippen molar-refractivity contribution in [1.29, 1.82) is 0 Å². The van der Waals surface area contributed by atoms with E-state index < -0.39 is 5.60 Å². The monoisotopic (exact) mass is 325 g/mol. The molecule has 1 heterocycles. The lowest BCUT2D eigenvalue weighted by atomic mass is 10.1. The van der Waals surface area contributed by atoms with Crippen LogP contribution in [0.4, 0.5) is 0 Å². The van der Waals surface area contributed by atoms with E-state index >= 15 is 0 Å². The molecule has 2 rings (SSSR count). The van der Waals surface area contributed by atoms with Crippen LogP contribution in [0.3, 0.4) is 0 Å². The van der Waals surface area contributed by atoms with Gasteiger partial charge in [0.05, 0.1) is 11.2 Å². The Morgan fingerprint density at radius 1 is 1.53 bits per heavy atom. The molecule has 4 nitrogen and oxygen atoms in total. The summed E-state index contributed by atoms with van der Waals surface area (Å²) in [7, 11) is 0. The first-order valence-corrected chi connectivity index (χ1v) is 6.78. The second-order valence-corrected chi connectivity index (χ2v) is 6.05. The molecule has 1 amide bonds. The van der Waals surface area contributed by atoms with Gasteiger partial charge >= 0.3 is 0 Å². The zero-order valence-electron chi connectivity index (χ0n) is 10.9. The average Bonchev–Trinajstić information content (AvgIpc) is 2.34. The maximum absolute atomic E-state index is 12.0. The Bertz CT molecular complexity index is 532. The predicted molar refractivity (Wildman–Crippen MR) is 76.9 cm³/mol. The van der Waals surface area contributed by atoms with E-state index in [-0.39, 0.29) is 19.1 Å². The summed E-state index contributed by atoms with van der Waals surface area (Å²) in [6, 6.07) is 5.66. The van der Waals surface area contributed by atoms with Crippen LogP contribution in [-0.4, -0.2) is 29.8 Å². The number of hydrogen-bond donors (Lipinski definition) is 2. The van der Waals surface area contributed by atoms with Crippen LogP contribution >= 0.6 is 15.9 Å². The number of amides is 1. The van der Waals surface area contributed by atoms with Gasteiger partial charge in [0.2, 0.25) is 0 Å². The normalized spacial score (nSPS) is 14.2. The standard InChI is InChI=1S/C14H16BrNO3/c1-14(2,18)8-16-13(17)10-5-9-6-11(15)3-4-12(9)19-7-10/h3-6,18H,7-8H2,1-2H3,(H,16,17). The van der Waals surface area contributed by atoms with Crippen LogP contribution in [0.5, 0.6) is 5.75 Å². The van der Waals surface area contributed by atoms with Crippen LogP contribution in [0.25, 0.3) is 6.08 Å². The number of halogens is 1. The molecule has 0 bridgehead atoms. The van der Waals surface area contributed by atoms with Crippen molar-refractivity contribution < 1.29 is 14.6 Å². The van der Waals surface area contributed by atoms with Crippen molar-refractivity contribution in [3.8, 4) is 5.75 Å². The van der Waals surface area contributed by atoms with Gasteiger partial charge in [0, 0.05) is 16.6 Å². The Morgan fingerprint density at radius 2 is 2.26 bits per heavy atom. The van der Waals surface area contributed by atoms with Crippen molar-refractivity contribution in [2.45, 2.75) is 19.4 Å². The Kier molecular flexibility index (Phi) is 3.96. The minimum absolute atomic E-state index is 0.203. The van der Waals surface area contributed by atoms with Gasteiger partial charge in [-0.2, -0.15) is 0 Å². The summed E-state index contributed by atoms with van der Waals surface area (Å²) < 4.78 is 6.47. The highest BCUT2D eigenvalue weighted by Gasteiger charge is 2.19. The molecule has 0 fully saturated rings. The molecule has 19 heavy (non-hydrogen) atoms. The fourth-order valence-electron chi connectivity index (χ4n) is 1.69. The molecule has 5 heteroatoms. The molecule has 0 saturated heterocycles. The average molecular weight is 326 g/mol. The lowest BCUT2D eigenvalue weighted by molar-refractivity contribution is -0.118. The third-order valence-electron chi connectivity index (χ3n) is 2.66. The van der Waals surface area contributed by atoms with E-state index in [9.17, 15) is 9.90 Å². The van der Waals surface area contributed by atoms with Crippen LogP contribution in [0.15, 0.2) is 28.2 Å². The number of carbonyl (C=O) groups is 1. The van der Waals surface area contributed by atoms with Crippen molar-refractivity contribution in [3.05, 3.63) is 33.8 Å². The van der Waals surface area contributed by atoms with E-state index in [2.05, 4.69) is 21.2 Å². The van der Waals surface area contributed by atoms with Crippen molar-refractivity contribution in [2.24, 2.45) is 0 Å². The van der Waals surface area contributed by atoms with E-state index in [0.29, 0.717) is 5.57 Å². The molecule has 0 atom stereocenters. The summed E-state index contributed by atoms with van der Waals surface area (Å²) in [4.78, 5) is 12.0. The Balaban J connectivity index is 2.12. The number of aliphatic hydroxyl groups is 1. The Hall–Kier alpha value is -1.33. The molecule has 0 aromatic heterocycles. The molecular formula is C14H16BrNO3. The smallest absolute Gasteiger partial charge is 0.250 e. The SMILES string of the molecule is CC(C)(O)CNC(=O)C1=Cc2cc(Br)ccc2OC1. The molecular weight excluding hydrogens is 310 g/mol. The Morgan fingerprint density at radius 3 is 2.95 bits per heavy atom. The molecule has 2 N–H and O–H groups in total. The third kappa shape index (κ3) is 3.81. The summed E-state index contributed by atoms with van der Waals surface area (Å²) >= 11 is 3.39. The number of nitrogens with one attached hydrogen (secondary N) is 1. The van der Waals surface area contributed by atoms with Crippen molar-refractivity contribution in [2.75, 3.05) is 13.2 Å². The molecule has 0 saturated carbocycles. The highest BCUT2D eigenvalue weighted by Crippen LogP contribution is 2.29. The van der Waals surface area contributed by atoms with Gasteiger partial charge < -0.3 is 15.2 Å². The quantitative estimate of drug-likeness (QED) is 0.894. The van der Waals surface area contributed by atoms with Gasteiger partial charge in [0.15, 0.2) is 0 Å². The van der Waals surface area contributed by atoms with E-state index in [1.807, 2.05) is 24.3 Å². The number of rotatable bonds is 3. The second kappa shape index (κ2) is 5.35. The van der Waals surface area contributed by atoms with Crippen molar-refractivity contribution in [1.82, 2.24) is 5.32 Å². The van der Waals surface area contributed by atoms with Gasteiger partial charge in [-0.05, 0) is 38.1 Å². The fraction of sp³-hybridized carbons (Fsp3) is 0.357. The van der Waals surface area contributed by atoms with Gasteiger partial charge in [-0.1, -0.05) is 15.9 Å². The zero-order valence-corrected chi connectivity index (χ0v) is 12.5. The molecule has 1 aromatic rings. The number of hydrogen-bond acceptors (Lipinski definition) is 3. The van der Waals surface area contributed by atoms with Crippen LogP contribution in [0.2, 0.25) is 0 Å². The summed E-state index contributed by atoms with van der Waals surface area (Å²) in [6.45, 7) is 3.73. The van der Waals surface area contributed by atoms with E-state index in [1.165, 1.54) is 0 Å². The third-order valence-corrected chi connectivity index (χ3v) is 3.15. The lowest BCUT2D eigenvalue weighted by Crippen LogP contribution is -2.39. The van der Waals surface area contributed by atoms with Gasteiger partial charge in [-0.25, -0.2) is 0 Å². The highest BCUT2D eigenvalue weighted by molar-refractivity contribution is 9.10. The predicted octanol–water partition coefficient (Wildman–Crippen LogP) is 2.11. The van der Waals surface area contributed by atoms with Gasteiger partial charge in [0.1, 0.15) is 12.4 Å². The molecule has 0 unspecified atom stereocenters. The van der Waals surface area contributed by atoms with Crippen LogP contribution in [0, 0.1) is 0 Å². The molecule has 0 aliphatic carbocycles. The number of carbonyl (C=O) groups excluding carboxylic acids is 1. The fourth-order valence-corrected chi connectivity index (χ4v) is 2.07. The topological polar surface area (TPSA) is 58.6 Å². The summed E-state index contributed by atoms with van der Waals surface area (Å²) in [5.41, 5.74) is 0.496. The summed E-state index contributed by atoms with van der Waals surface area (Å²) in [5.74, 6) is 0.551. The molecule has 1 aliphatic heterocycles. The first kappa shape index (κ1) is 14.1. The second-order valence-electron chi connectivity index (χ2n) is 5.14. The van der Waals surface area contributed by atoms with E-state index in [4.69, 9.17) is 4.74 Å². The minimum atomic E-state index is -0.924. The zero-order chi connectivity index (χ0) is 14.0. The lowest BCUT2D eigenvalue weighted by Gasteiger charge is -2.21. The van der Waals surface area contributed by atoms with E-state index in [1.54, 1.807) is 13.8 Å². The maximum Gasteiger partial charge on any atom is 0.250 e. The number of benzene rings is 1. The van der Waals surface area contributed by atoms with Crippen LogP contribution in [-0.2, 0) is 4.79 Å². The molecule has 102 valence electrons. The highest BCUT2D eigenvalue weighted by atomic mass is 79.9. The van der Waals surface area contributed by atoms with Gasteiger partial charge in [-0.3, -0.25) is 4.79 Å². The number of ether oxygens (including phenoxy) is 1. The molecule has 0 radical (unpaired) electrons. The van der Waals surface area contributed by atoms with Crippen LogP contribution in [0.1, 0.15) is 19.4 Å². The Labute approximate surface area is 120 Å². The first-order chi connectivity index (χ1) is 8.85. The maximum atomic E-state index is 12.0. The minimum Gasteiger partial charge on any atom is -0.488 e. The summed E-state index contributed by atoms with van der Waals surface area (Å²) in [6.07, 6.45) is 1.81. The largest absolute Gasteiger partial charge is 0.488 e. The molecule has 0 spiro atoms. The van der Waals surface area contributed by atoms with Crippen LogP contribution < -0.4 is 10.1 Å². The molecule has 1 aromatic carbocycles. The summed E-state index contributed by atoms with van der Waals surface area (Å²) in [5, 5.41) is 12.3. The van der Waals surface area contributed by atoms with Gasteiger partial charge in [0.25, 0.3) is 5.91 Å². The first-order valence-electron chi connectivity index (χ1n) is 5.99. The van der Waals surface area contributed by atoms with Crippen molar-refractivity contribution >= 4 is 27.9 Å². The van der Waals surface area contributed by atoms with Gasteiger partial charge in [-0.15, -0.1) is 0 Å². The van der Waals surface area contributed by atoms with Crippen molar-refractivity contribution in [3.63, 3.8) is 0 Å². The van der Waals surface area contributed by atoms with E-state index in [0.717, 1.165) is 15.8 Å².